The molecular formula is C88H161N5O38Si8. The molecule has 0 radical (unpaired) electrons. The summed E-state index contributed by atoms with van der Waals surface area (Å²) < 4.78 is 154. The van der Waals surface area contributed by atoms with Crippen LogP contribution in [0, 0.1) is 0 Å². The number of hydrogen-bond donors (Lipinski definition) is 5. The number of ether oxygens (including phenoxy) is 18. The third-order valence-corrected chi connectivity index (χ3v) is 57.5. The van der Waals surface area contributed by atoms with Gasteiger partial charge in [0, 0.05) is 109 Å². The Kier molecular flexibility index (Phi) is 72.6. The van der Waals surface area contributed by atoms with Crippen molar-refractivity contribution in [1.82, 2.24) is 26.6 Å². The van der Waals surface area contributed by atoms with Crippen molar-refractivity contribution in [3.05, 3.63) is 75.9 Å². The number of unbranched alkanes of at least 4 members (excludes halogenated alkanes) is 4. The van der Waals surface area contributed by atoms with Gasteiger partial charge in [-0.25, -0.2) is 52.7 Å². The van der Waals surface area contributed by atoms with Crippen molar-refractivity contribution in [2.75, 3.05) is 198 Å². The third kappa shape index (κ3) is 69.9. The summed E-state index contributed by atoms with van der Waals surface area (Å²) in [4.78, 5) is 139. The fourth-order valence-corrected chi connectivity index (χ4v) is 60.5. The van der Waals surface area contributed by atoms with E-state index in [1.807, 2.05) is 26.6 Å². The zero-order valence-corrected chi connectivity index (χ0v) is 91.9. The number of carbonyl (C=O) groups is 12. The minimum absolute atomic E-state index is 0.00325. The van der Waals surface area contributed by atoms with Crippen LogP contribution in [0.1, 0.15) is 117 Å². The van der Waals surface area contributed by atoms with Gasteiger partial charge < -0.3 is 145 Å². The quantitative estimate of drug-likeness (QED) is 0.0124. The molecule has 2 fully saturated rings. The topological polar surface area (TPSA) is 505 Å². The second-order valence-electron chi connectivity index (χ2n) is 32.9. The van der Waals surface area contributed by atoms with Crippen LogP contribution in [0.15, 0.2) is 75.9 Å². The molecule has 2 aliphatic heterocycles. The summed E-state index contributed by atoms with van der Waals surface area (Å²) in [5.41, 5.74) is 0. The van der Waals surface area contributed by atoms with Gasteiger partial charge >= 0.3 is 135 Å². The Labute approximate surface area is 829 Å². The largest absolute Gasteiger partial charge is 0.463 e. The molecule has 5 N–H and O–H groups in total. The van der Waals surface area contributed by atoms with Crippen LogP contribution in [-0.4, -0.2) is 338 Å². The van der Waals surface area contributed by atoms with Gasteiger partial charge in [-0.3, -0.25) is 4.79 Å². The van der Waals surface area contributed by atoms with Crippen LogP contribution in [0.25, 0.3) is 0 Å². The highest BCUT2D eigenvalue weighted by atomic mass is 28.5. The molecule has 43 nitrogen and oxygen atoms in total. The summed E-state index contributed by atoms with van der Waals surface area (Å²) in [5, 5.41) is 12.5. The summed E-state index contributed by atoms with van der Waals surface area (Å²) in [7, 11) is -23.9. The molecular weight excluding hydrogens is 1960 g/mol. The van der Waals surface area contributed by atoms with Crippen molar-refractivity contribution in [3.63, 3.8) is 0 Å². The number of rotatable bonds is 79. The van der Waals surface area contributed by atoms with E-state index in [1.165, 1.54) is 0 Å². The average Bonchev–Trinajstić information content (AvgIpc) is 0.770. The predicted octanol–water partition coefficient (Wildman–Crippen LogP) is 11.7. The van der Waals surface area contributed by atoms with Crippen LogP contribution >= 0.6 is 0 Å². The maximum absolute atomic E-state index is 12.4. The zero-order valence-electron chi connectivity index (χ0n) is 83.9. The highest BCUT2D eigenvalue weighted by molar-refractivity contribution is 6.95. The maximum atomic E-state index is 12.4. The van der Waals surface area contributed by atoms with Crippen molar-refractivity contribution in [2.45, 2.75) is 217 Å². The highest BCUT2D eigenvalue weighted by Crippen LogP contribution is 2.41. The lowest BCUT2D eigenvalue weighted by Crippen LogP contribution is -2.67. The summed E-state index contributed by atoms with van der Waals surface area (Å²) in [6, 6.07) is 5.03. The first-order valence-corrected chi connectivity index (χ1v) is 68.0. The van der Waals surface area contributed by atoms with Crippen LogP contribution in [0.2, 0.25) is 101 Å². The minimum Gasteiger partial charge on any atom is -0.463 e. The van der Waals surface area contributed by atoms with Crippen molar-refractivity contribution in [3.8, 4) is 0 Å². The molecule has 2 rings (SSSR count). The van der Waals surface area contributed by atoms with Gasteiger partial charge in [0.2, 0.25) is 0 Å². The number of Topliss-reactive ketones (excluding diaryl/α,β-unsaturated/α-hetero) is 1. The van der Waals surface area contributed by atoms with Crippen LogP contribution in [0.5, 0.6) is 0 Å². The van der Waals surface area contributed by atoms with Crippen molar-refractivity contribution < 1.29 is 176 Å². The molecule has 2 heterocycles. The average molecular weight is 2120 g/mol. The molecule has 0 aromatic carbocycles. The number of hydrogen-bond acceptors (Lipinski definition) is 38. The van der Waals surface area contributed by atoms with E-state index < -0.39 is 135 Å². The molecule has 0 aliphatic carbocycles. The van der Waals surface area contributed by atoms with Gasteiger partial charge in [-0.15, -0.1) is 0 Å². The smallest absolute Gasteiger partial charge is 0.407 e. The van der Waals surface area contributed by atoms with E-state index in [4.69, 9.17) is 118 Å². The van der Waals surface area contributed by atoms with Gasteiger partial charge in [-0.1, -0.05) is 72.1 Å². The molecule has 139 heavy (non-hydrogen) atoms. The van der Waals surface area contributed by atoms with Crippen LogP contribution < -0.4 is 26.6 Å². The third-order valence-electron chi connectivity index (χ3n) is 19.8. The van der Waals surface area contributed by atoms with Gasteiger partial charge in [0.1, 0.15) is 71.9 Å². The Morgan fingerprint density at radius 1 is 0.216 bits per heavy atom. The lowest BCUT2D eigenvalue weighted by atomic mass is 10.1. The molecule has 6 unspecified atom stereocenters. The van der Waals surface area contributed by atoms with Crippen LogP contribution in [0.4, 0.5) is 24.0 Å². The fourth-order valence-electron chi connectivity index (χ4n) is 14.0. The molecule has 0 aromatic rings. The Morgan fingerprint density at radius 2 is 0.410 bits per heavy atom. The normalized spacial score (nSPS) is 21.0. The van der Waals surface area contributed by atoms with E-state index >= 15 is 0 Å². The van der Waals surface area contributed by atoms with Crippen molar-refractivity contribution >= 4 is 141 Å². The van der Waals surface area contributed by atoms with E-state index in [9.17, 15) is 57.5 Å². The first kappa shape index (κ1) is 129. The molecule has 51 heteroatoms. The minimum atomic E-state index is -3.07. The standard InChI is InChI=1S/C46H84N2O18Si4.C42H77N3O20Si4/c1-9-26-55-27-19-38-68(6)63-67(5,37-17-15-13-14-16-22-41(49)23-18-30-58-42(50)10-2)64-69(7,39-20-28-56-33-35-61-45(53)47-24-31-59-43(51)11-3)66-70(8,65-68)40-21-29-57-34-36-62-46(54)48-25-32-60-44(52)12-4;1-9-37(46)56-24-17-43-40(49)59-30-27-53-21-14-34-67(6)62-66(5,33-13-20-52-12-4)63-68(7,35-15-22-54-28-31-60-41(50)44-18-25-57-38(47)10-2)65-69(8,64-67)36-16-23-55-29-32-61-42(51)45-19-26-58-39(48)11-3/h10-12H,2-4,9,13-40H2,1,5-8H3,(H,47,53)(H,48,54);9-11H,1-3,12-36H2,4-8H3,(H,43,49)(H,44,50)(H,45,51). The van der Waals surface area contributed by atoms with Crippen LogP contribution in [0.3, 0.4) is 0 Å². The first-order valence-electron chi connectivity index (χ1n) is 47.8. The Hall–Kier alpha value is -7.58. The number of carbonyl (C=O) groups excluding carboxylic acids is 12. The molecule has 798 valence electrons. The van der Waals surface area contributed by atoms with Gasteiger partial charge in [0.15, 0.2) is 0 Å². The molecule has 5 amide bonds. The van der Waals surface area contributed by atoms with Crippen LogP contribution in [-0.2, 0) is 152 Å². The molecule has 0 spiro atoms. The lowest BCUT2D eigenvalue weighted by Gasteiger charge is -2.50. The van der Waals surface area contributed by atoms with E-state index in [1.54, 1.807) is 0 Å². The fraction of sp³-hybridized carbons (Fsp3) is 0.727. The van der Waals surface area contributed by atoms with E-state index in [0.29, 0.717) is 153 Å². The van der Waals surface area contributed by atoms with Crippen molar-refractivity contribution in [1.29, 1.82) is 0 Å². The first-order chi connectivity index (χ1) is 66.4. The number of nitrogens with one attached hydrogen (secondary N) is 5. The summed E-state index contributed by atoms with van der Waals surface area (Å²) in [5.74, 6) is -3.23. The summed E-state index contributed by atoms with van der Waals surface area (Å²) in [6.45, 7) is 46.4. The number of alkyl carbamates (subject to hydrolysis) is 5. The van der Waals surface area contributed by atoms with E-state index in [2.05, 4.69) is 106 Å². The highest BCUT2D eigenvalue weighted by Gasteiger charge is 2.58. The van der Waals surface area contributed by atoms with Gasteiger partial charge in [-0.2, -0.15) is 0 Å². The summed E-state index contributed by atoms with van der Waals surface area (Å²) >= 11 is 0. The Balaban J connectivity index is 0.00000139. The molecule has 2 saturated heterocycles. The molecule has 6 atom stereocenters. The van der Waals surface area contributed by atoms with Crippen molar-refractivity contribution in [2.24, 2.45) is 0 Å². The maximum Gasteiger partial charge on any atom is 0.407 e. The predicted molar refractivity (Wildman–Crippen MR) is 530 cm³/mol. The van der Waals surface area contributed by atoms with Gasteiger partial charge in [0.05, 0.1) is 72.4 Å². The summed E-state index contributed by atoms with van der Waals surface area (Å²) in [6.07, 6.45) is 14.4. The Morgan fingerprint density at radius 3 is 0.633 bits per heavy atom. The van der Waals surface area contributed by atoms with Gasteiger partial charge in [0.25, 0.3) is 0 Å². The van der Waals surface area contributed by atoms with Gasteiger partial charge in [-0.05, 0) is 172 Å². The molecule has 0 saturated carbocycles. The molecule has 0 bridgehead atoms. The number of amides is 5. The number of ketones is 1. The monoisotopic (exact) mass is 2120 g/mol. The second-order valence-corrected chi connectivity index (χ2v) is 61.6. The van der Waals surface area contributed by atoms with E-state index in [0.717, 1.165) is 93.9 Å². The molecule has 0 aromatic heterocycles. The molecule has 2 aliphatic rings. The second kappa shape index (κ2) is 77.9. The SMILES string of the molecule is C=CC(=O)OCCCC(=O)CCCCCCC[Si]1(C)O[Si](C)(CCCOCCC)O[Si](C)(CCCOCCOC(=O)NCCOC(=O)C=C)O[Si](C)(CCCOCCOC(=O)NCCOC(=O)C=C)O1.C=CC(=O)OCCNC(=O)OCCOCCC[Si]1(C)O[Si](C)(CCCOCC)O[Si](C)(CCCOCCOC(=O)NCCOC(=O)C=C)O[Si](C)(CCCOCCOC(=O)NCCOC(=O)C=C)O1. The van der Waals surface area contributed by atoms with E-state index in [-0.39, 0.29) is 144 Å². The zero-order chi connectivity index (χ0) is 103. The lowest BCUT2D eigenvalue weighted by molar-refractivity contribution is -0.138. The number of esters is 6. The Bertz CT molecular complexity index is 3450.